The molecule has 1 saturated heterocycles. The number of benzene rings is 4. The first-order valence-corrected chi connectivity index (χ1v) is 16.4. The van der Waals surface area contributed by atoms with Crippen LogP contribution < -0.4 is 14.8 Å². The number of hydrogen-bond acceptors (Lipinski definition) is 7. The third kappa shape index (κ3) is 7.43. The number of aliphatic hydroxyl groups is 1. The Morgan fingerprint density at radius 1 is 0.824 bits per heavy atom. The van der Waals surface area contributed by atoms with Crippen LogP contribution in [0.25, 0.3) is 0 Å². The fourth-order valence-corrected chi connectivity index (χ4v) is 6.55. The lowest BCUT2D eigenvalue weighted by Gasteiger charge is -2.43. The van der Waals surface area contributed by atoms with Crippen LogP contribution in [0.15, 0.2) is 60.7 Å². The molecule has 1 fully saturated rings. The number of methoxy groups -OCH3 is 2. The van der Waals surface area contributed by atoms with Gasteiger partial charge in [0.15, 0.2) is 41.1 Å². The Kier molecular flexibility index (Phi) is 10.9. The molecule has 0 aliphatic carbocycles. The predicted octanol–water partition coefficient (Wildman–Crippen LogP) is 6.67. The molecule has 2 aliphatic rings. The topological polar surface area (TPSA) is 89.5 Å². The molecule has 8 nitrogen and oxygen atoms in total. The average Bonchev–Trinajstić information content (AvgIpc) is 3.16. The summed E-state index contributed by atoms with van der Waals surface area (Å²) >= 11 is 0. The Balaban J connectivity index is 1.19. The highest BCUT2D eigenvalue weighted by Gasteiger charge is 2.39. The zero-order valence-corrected chi connectivity index (χ0v) is 28.2. The van der Waals surface area contributed by atoms with Crippen molar-refractivity contribution in [3.8, 4) is 11.5 Å². The molecule has 0 radical (unpaired) electrons. The molecular weight excluding hydrogens is 675 g/mol. The van der Waals surface area contributed by atoms with E-state index in [0.29, 0.717) is 35.7 Å². The highest BCUT2D eigenvalue weighted by molar-refractivity contribution is 5.94. The first-order chi connectivity index (χ1) is 24.5. The fraction of sp³-hybridized carbons (Fsp3) is 0.342. The number of nitrogens with one attached hydrogen (secondary N) is 1. The van der Waals surface area contributed by atoms with Gasteiger partial charge in [0.25, 0.3) is 5.91 Å². The maximum absolute atomic E-state index is 14.1. The van der Waals surface area contributed by atoms with Gasteiger partial charge in [-0.25, -0.2) is 22.0 Å². The number of rotatable bonds is 10. The molecule has 2 heterocycles. The highest BCUT2D eigenvalue weighted by atomic mass is 19.2. The molecule has 1 amide bonds. The van der Waals surface area contributed by atoms with E-state index < -0.39 is 46.8 Å². The zero-order valence-electron chi connectivity index (χ0n) is 28.2. The van der Waals surface area contributed by atoms with Gasteiger partial charge in [-0.2, -0.15) is 0 Å². The Labute approximate surface area is 291 Å². The van der Waals surface area contributed by atoms with Crippen molar-refractivity contribution in [1.29, 1.82) is 0 Å². The standard InChI is InChI=1S/C38H37F5N2O6/c1-20-29(18-45-13-12-25-14-27(48-2)28(49-3)15-26(25)17-45)50-38(51-36(20)23-8-6-22(19-46)7-9-23)24-10-4-21(5-11-24)16-44-37(47)30-31(39)33(41)35(43)34(42)32(30)40/h4-11,14-15,20,29,36,38,46H,12-13,16-19H2,1-3H3,(H,44,47). The van der Waals surface area contributed by atoms with Crippen LogP contribution in [-0.2, 0) is 35.6 Å². The summed E-state index contributed by atoms with van der Waals surface area (Å²) in [5.74, 6) is -11.3. The first kappa shape index (κ1) is 36.2. The van der Waals surface area contributed by atoms with Gasteiger partial charge >= 0.3 is 0 Å². The van der Waals surface area contributed by atoms with E-state index in [9.17, 15) is 31.9 Å². The van der Waals surface area contributed by atoms with Crippen molar-refractivity contribution in [3.05, 3.63) is 129 Å². The molecule has 4 aromatic carbocycles. The minimum Gasteiger partial charge on any atom is -0.493 e. The molecule has 0 spiro atoms. The molecule has 0 aromatic heterocycles. The van der Waals surface area contributed by atoms with E-state index in [0.717, 1.165) is 29.7 Å². The van der Waals surface area contributed by atoms with Gasteiger partial charge in [-0.1, -0.05) is 55.5 Å². The molecule has 51 heavy (non-hydrogen) atoms. The number of carbonyl (C=O) groups excluding carboxylic acids is 1. The summed E-state index contributed by atoms with van der Waals surface area (Å²) in [5.41, 5.74) is 3.65. The summed E-state index contributed by atoms with van der Waals surface area (Å²) in [7, 11) is 3.23. The summed E-state index contributed by atoms with van der Waals surface area (Å²) in [6, 6.07) is 18.3. The van der Waals surface area contributed by atoms with Crippen LogP contribution in [0.4, 0.5) is 22.0 Å². The van der Waals surface area contributed by atoms with Crippen LogP contribution in [-0.4, -0.2) is 49.3 Å². The van der Waals surface area contributed by atoms with Crippen molar-refractivity contribution < 1.29 is 50.8 Å². The monoisotopic (exact) mass is 712 g/mol. The molecular formula is C38H37F5N2O6. The molecule has 270 valence electrons. The molecule has 4 unspecified atom stereocenters. The number of fused-ring (bicyclic) bond motifs is 1. The Bertz CT molecular complexity index is 1860. The summed E-state index contributed by atoms with van der Waals surface area (Å²) in [4.78, 5) is 14.8. The molecule has 2 N–H and O–H groups in total. The van der Waals surface area contributed by atoms with Crippen molar-refractivity contribution in [3.63, 3.8) is 0 Å². The second-order valence-electron chi connectivity index (χ2n) is 12.7. The zero-order chi connectivity index (χ0) is 36.4. The highest BCUT2D eigenvalue weighted by Crippen LogP contribution is 2.42. The van der Waals surface area contributed by atoms with Crippen LogP contribution >= 0.6 is 0 Å². The van der Waals surface area contributed by atoms with E-state index in [1.807, 2.05) is 36.4 Å². The fourth-order valence-electron chi connectivity index (χ4n) is 6.55. The number of ether oxygens (including phenoxy) is 4. The van der Waals surface area contributed by atoms with Crippen molar-refractivity contribution in [1.82, 2.24) is 10.2 Å². The first-order valence-electron chi connectivity index (χ1n) is 16.4. The molecule has 4 aromatic rings. The molecule has 2 aliphatic heterocycles. The second-order valence-corrected chi connectivity index (χ2v) is 12.7. The van der Waals surface area contributed by atoms with Gasteiger partial charge in [-0.3, -0.25) is 9.69 Å². The third-order valence-electron chi connectivity index (χ3n) is 9.50. The van der Waals surface area contributed by atoms with E-state index >= 15 is 0 Å². The van der Waals surface area contributed by atoms with Crippen molar-refractivity contribution in [2.45, 2.75) is 51.5 Å². The SMILES string of the molecule is COc1cc2c(cc1OC)CN(CC1OC(c3ccc(CNC(=O)c4c(F)c(F)c(F)c(F)c4F)cc3)OC(c3ccc(CO)cc3)C1C)CC2. The van der Waals surface area contributed by atoms with Crippen molar-refractivity contribution >= 4 is 5.91 Å². The molecule has 0 bridgehead atoms. The van der Waals surface area contributed by atoms with Crippen LogP contribution in [0.5, 0.6) is 11.5 Å². The largest absolute Gasteiger partial charge is 0.493 e. The molecule has 0 saturated carbocycles. The number of halogens is 5. The van der Waals surface area contributed by atoms with Gasteiger partial charge in [0.1, 0.15) is 5.56 Å². The quantitative estimate of drug-likeness (QED) is 0.108. The van der Waals surface area contributed by atoms with Crippen molar-refractivity contribution in [2.75, 3.05) is 27.3 Å². The normalized spacial score (nSPS) is 20.5. The summed E-state index contributed by atoms with van der Waals surface area (Å²) in [5, 5.41) is 11.8. The van der Waals surface area contributed by atoms with Gasteiger partial charge in [-0.05, 0) is 46.4 Å². The lowest BCUT2D eigenvalue weighted by Crippen LogP contribution is -2.45. The van der Waals surface area contributed by atoms with Crippen molar-refractivity contribution in [2.24, 2.45) is 5.92 Å². The molecule has 6 rings (SSSR count). The second kappa shape index (κ2) is 15.4. The Morgan fingerprint density at radius 2 is 1.39 bits per heavy atom. The average molecular weight is 713 g/mol. The number of amides is 1. The van der Waals surface area contributed by atoms with E-state index in [-0.39, 0.29) is 31.3 Å². The van der Waals surface area contributed by atoms with E-state index in [1.165, 1.54) is 5.56 Å². The lowest BCUT2D eigenvalue weighted by atomic mass is 9.89. The van der Waals surface area contributed by atoms with Crippen LogP contribution in [0.1, 0.15) is 63.1 Å². The van der Waals surface area contributed by atoms with E-state index in [4.69, 9.17) is 18.9 Å². The number of nitrogens with zero attached hydrogens (tertiary/aromatic N) is 1. The van der Waals surface area contributed by atoms with E-state index in [2.05, 4.69) is 17.1 Å². The minimum absolute atomic E-state index is 0.0653. The van der Waals surface area contributed by atoms with E-state index in [1.54, 1.807) is 38.5 Å². The summed E-state index contributed by atoms with van der Waals surface area (Å²) < 4.78 is 93.1. The van der Waals surface area contributed by atoms with Gasteiger partial charge in [0, 0.05) is 37.7 Å². The van der Waals surface area contributed by atoms with Crippen LogP contribution in [0, 0.1) is 35.0 Å². The molecule has 4 atom stereocenters. The number of carbonyl (C=O) groups is 1. The van der Waals surface area contributed by atoms with Gasteiger partial charge in [0.05, 0.1) is 33.0 Å². The van der Waals surface area contributed by atoms with Crippen LogP contribution in [0.3, 0.4) is 0 Å². The Morgan fingerprint density at radius 3 is 2.00 bits per heavy atom. The number of hydrogen-bond donors (Lipinski definition) is 2. The smallest absolute Gasteiger partial charge is 0.257 e. The minimum atomic E-state index is -2.34. The number of aliphatic hydroxyl groups excluding tert-OH is 1. The maximum Gasteiger partial charge on any atom is 0.257 e. The summed E-state index contributed by atoms with van der Waals surface area (Å²) in [6.45, 7) is 3.85. The third-order valence-corrected chi connectivity index (χ3v) is 9.50. The van der Waals surface area contributed by atoms with Crippen LogP contribution in [0.2, 0.25) is 0 Å². The lowest BCUT2D eigenvalue weighted by molar-refractivity contribution is -0.276. The predicted molar refractivity (Wildman–Crippen MR) is 175 cm³/mol. The van der Waals surface area contributed by atoms with Gasteiger partial charge < -0.3 is 29.4 Å². The summed E-state index contributed by atoms with van der Waals surface area (Å²) in [6.07, 6.45) is -0.575. The molecule has 13 heteroatoms. The Hall–Kier alpha value is -4.56. The van der Waals surface area contributed by atoms with Gasteiger partial charge in [0.2, 0.25) is 5.82 Å². The van der Waals surface area contributed by atoms with Gasteiger partial charge in [-0.15, -0.1) is 0 Å². The maximum atomic E-state index is 14.1.